The van der Waals surface area contributed by atoms with Gasteiger partial charge in [-0.2, -0.15) is 4.31 Å². The van der Waals surface area contributed by atoms with E-state index in [4.69, 9.17) is 4.74 Å². The highest BCUT2D eigenvalue weighted by Crippen LogP contribution is 2.33. The molecule has 6 heteroatoms. The first-order valence-corrected chi connectivity index (χ1v) is 9.60. The minimum absolute atomic E-state index is 0.153. The molecule has 3 rings (SSSR count). The van der Waals surface area contributed by atoms with Crippen LogP contribution in [0.4, 0.5) is 5.69 Å². The van der Waals surface area contributed by atoms with Gasteiger partial charge in [-0.05, 0) is 37.5 Å². The molecule has 2 heterocycles. The Balaban J connectivity index is 1.85. The van der Waals surface area contributed by atoms with Gasteiger partial charge in [-0.15, -0.1) is 0 Å². The van der Waals surface area contributed by atoms with Crippen LogP contribution in [0.15, 0.2) is 23.1 Å². The quantitative estimate of drug-likeness (QED) is 0.929. The molecule has 1 N–H and O–H groups in total. The first-order valence-electron chi connectivity index (χ1n) is 8.16. The van der Waals surface area contributed by atoms with Crippen LogP contribution in [0, 0.1) is 0 Å². The molecule has 122 valence electrons. The molecule has 2 aliphatic heterocycles. The largest absolute Gasteiger partial charge is 0.486 e. The zero-order valence-electron chi connectivity index (χ0n) is 13.0. The maximum Gasteiger partial charge on any atom is 0.243 e. The average Bonchev–Trinajstić information content (AvgIpc) is 2.83. The van der Waals surface area contributed by atoms with Crippen LogP contribution in [0.5, 0.6) is 5.75 Å². The van der Waals surface area contributed by atoms with Gasteiger partial charge < -0.3 is 10.1 Å². The summed E-state index contributed by atoms with van der Waals surface area (Å²) < 4.78 is 33.1. The predicted octanol–water partition coefficient (Wildman–Crippen LogP) is 2.83. The molecule has 0 amide bonds. The molecule has 1 unspecified atom stereocenters. The lowest BCUT2D eigenvalue weighted by Gasteiger charge is -2.27. The number of nitrogens with one attached hydrogen (secondary N) is 1. The Morgan fingerprint density at radius 3 is 2.64 bits per heavy atom. The van der Waals surface area contributed by atoms with E-state index in [1.54, 1.807) is 22.5 Å². The third-order valence-electron chi connectivity index (χ3n) is 4.42. The van der Waals surface area contributed by atoms with Gasteiger partial charge in [0.05, 0.1) is 17.1 Å². The second-order valence-corrected chi connectivity index (χ2v) is 7.94. The van der Waals surface area contributed by atoms with Gasteiger partial charge in [0.2, 0.25) is 10.0 Å². The van der Waals surface area contributed by atoms with Crippen molar-refractivity contribution < 1.29 is 13.2 Å². The summed E-state index contributed by atoms with van der Waals surface area (Å²) in [5.41, 5.74) is 0.778. The molecule has 1 aromatic carbocycles. The highest BCUT2D eigenvalue weighted by molar-refractivity contribution is 7.89. The Morgan fingerprint density at radius 2 is 1.95 bits per heavy atom. The SMILES string of the molecule is CCC1CNc2cc(S(=O)(=O)N3CCCCCC3)ccc2O1. The summed E-state index contributed by atoms with van der Waals surface area (Å²) in [6.07, 6.45) is 5.21. The number of hydrogen-bond donors (Lipinski definition) is 1. The molecule has 1 aromatic rings. The Bertz CT molecular complexity index is 622. The van der Waals surface area contributed by atoms with Crippen LogP contribution < -0.4 is 10.1 Å². The summed E-state index contributed by atoms with van der Waals surface area (Å²) in [4.78, 5) is 0.360. The minimum Gasteiger partial charge on any atom is -0.486 e. The molecule has 22 heavy (non-hydrogen) atoms. The van der Waals surface area contributed by atoms with E-state index in [0.717, 1.165) is 50.1 Å². The van der Waals surface area contributed by atoms with Crippen molar-refractivity contribution in [2.75, 3.05) is 25.0 Å². The van der Waals surface area contributed by atoms with Gasteiger partial charge in [0.15, 0.2) is 0 Å². The number of nitrogens with zero attached hydrogens (tertiary/aromatic N) is 1. The van der Waals surface area contributed by atoms with Crippen LogP contribution in [0.1, 0.15) is 39.0 Å². The Kier molecular flexibility index (Phi) is 4.59. The van der Waals surface area contributed by atoms with Gasteiger partial charge in [-0.1, -0.05) is 19.8 Å². The Labute approximate surface area is 132 Å². The van der Waals surface area contributed by atoms with E-state index in [9.17, 15) is 8.42 Å². The first-order chi connectivity index (χ1) is 10.6. The normalized spacial score (nSPS) is 23.0. The van der Waals surface area contributed by atoms with Gasteiger partial charge >= 0.3 is 0 Å². The molecule has 1 atom stereocenters. The molecule has 0 spiro atoms. The maximum absolute atomic E-state index is 12.8. The topological polar surface area (TPSA) is 58.6 Å². The number of sulfonamides is 1. The van der Waals surface area contributed by atoms with Gasteiger partial charge in [0.1, 0.15) is 11.9 Å². The summed E-state index contributed by atoms with van der Waals surface area (Å²) in [7, 11) is -3.40. The van der Waals surface area contributed by atoms with E-state index in [-0.39, 0.29) is 6.10 Å². The highest BCUT2D eigenvalue weighted by atomic mass is 32.2. The molecule has 0 bridgehead atoms. The number of ether oxygens (including phenoxy) is 1. The lowest BCUT2D eigenvalue weighted by molar-refractivity contribution is 0.201. The summed E-state index contributed by atoms with van der Waals surface area (Å²) in [6.45, 7) is 4.05. The number of anilines is 1. The van der Waals surface area contributed by atoms with Crippen LogP contribution in [-0.4, -0.2) is 38.5 Å². The third-order valence-corrected chi connectivity index (χ3v) is 6.32. The third kappa shape index (κ3) is 3.08. The van der Waals surface area contributed by atoms with E-state index < -0.39 is 10.0 Å². The predicted molar refractivity (Wildman–Crippen MR) is 86.9 cm³/mol. The average molecular weight is 324 g/mol. The van der Waals surface area contributed by atoms with Crippen LogP contribution in [0.2, 0.25) is 0 Å². The zero-order valence-corrected chi connectivity index (χ0v) is 13.9. The molecule has 5 nitrogen and oxygen atoms in total. The number of benzene rings is 1. The summed E-state index contributed by atoms with van der Waals surface area (Å²) >= 11 is 0. The monoisotopic (exact) mass is 324 g/mol. The van der Waals surface area contributed by atoms with Crippen LogP contribution >= 0.6 is 0 Å². The van der Waals surface area contributed by atoms with Crippen molar-refractivity contribution in [1.29, 1.82) is 0 Å². The van der Waals surface area contributed by atoms with Crippen LogP contribution in [0.3, 0.4) is 0 Å². The lowest BCUT2D eigenvalue weighted by atomic mass is 10.2. The van der Waals surface area contributed by atoms with Gasteiger partial charge in [0, 0.05) is 13.1 Å². The molecule has 2 aliphatic rings. The summed E-state index contributed by atoms with van der Waals surface area (Å²) in [5.74, 6) is 0.743. The Hall–Kier alpha value is -1.27. The standard InChI is InChI=1S/C16H24N2O3S/c1-2-13-12-17-15-11-14(7-8-16(15)21-13)22(19,20)18-9-5-3-4-6-10-18/h7-8,11,13,17H,2-6,9-10,12H2,1H3. The summed E-state index contributed by atoms with van der Waals surface area (Å²) in [5, 5.41) is 3.28. The van der Waals surface area contributed by atoms with Gasteiger partial charge in [-0.25, -0.2) is 8.42 Å². The molecular weight excluding hydrogens is 300 g/mol. The minimum atomic E-state index is -3.40. The smallest absolute Gasteiger partial charge is 0.243 e. The second kappa shape index (κ2) is 6.46. The number of hydrogen-bond acceptors (Lipinski definition) is 4. The summed E-state index contributed by atoms with van der Waals surface area (Å²) in [6, 6.07) is 5.15. The number of rotatable bonds is 3. The molecule has 1 fully saturated rings. The Morgan fingerprint density at radius 1 is 1.23 bits per heavy atom. The van der Waals surface area contributed by atoms with Crippen LogP contribution in [0.25, 0.3) is 0 Å². The van der Waals surface area contributed by atoms with E-state index in [0.29, 0.717) is 18.0 Å². The van der Waals surface area contributed by atoms with E-state index in [2.05, 4.69) is 12.2 Å². The number of fused-ring (bicyclic) bond motifs is 1. The molecule has 0 aliphatic carbocycles. The zero-order chi connectivity index (χ0) is 15.6. The fourth-order valence-electron chi connectivity index (χ4n) is 3.01. The van der Waals surface area contributed by atoms with Crippen molar-refractivity contribution in [3.63, 3.8) is 0 Å². The highest BCUT2D eigenvalue weighted by Gasteiger charge is 2.27. The van der Waals surface area contributed by atoms with E-state index in [1.807, 2.05) is 0 Å². The fourth-order valence-corrected chi connectivity index (χ4v) is 4.56. The maximum atomic E-state index is 12.8. The second-order valence-electron chi connectivity index (χ2n) is 6.01. The van der Waals surface area contributed by atoms with Crippen molar-refractivity contribution in [2.45, 2.75) is 50.0 Å². The lowest BCUT2D eigenvalue weighted by Crippen LogP contribution is -2.33. The van der Waals surface area contributed by atoms with Crippen molar-refractivity contribution in [2.24, 2.45) is 0 Å². The first kappa shape index (κ1) is 15.6. The van der Waals surface area contributed by atoms with Crippen LogP contribution in [-0.2, 0) is 10.0 Å². The molecular formula is C16H24N2O3S. The fraction of sp³-hybridized carbons (Fsp3) is 0.625. The van der Waals surface area contributed by atoms with E-state index in [1.165, 1.54) is 0 Å². The van der Waals surface area contributed by atoms with Crippen molar-refractivity contribution in [3.05, 3.63) is 18.2 Å². The van der Waals surface area contributed by atoms with Crippen molar-refractivity contribution in [1.82, 2.24) is 4.31 Å². The van der Waals surface area contributed by atoms with Crippen molar-refractivity contribution in [3.8, 4) is 5.75 Å². The van der Waals surface area contributed by atoms with Gasteiger partial charge in [-0.3, -0.25) is 0 Å². The molecule has 0 radical (unpaired) electrons. The molecule has 1 saturated heterocycles. The van der Waals surface area contributed by atoms with Gasteiger partial charge in [0.25, 0.3) is 0 Å². The molecule has 0 saturated carbocycles. The molecule has 0 aromatic heterocycles. The van der Waals surface area contributed by atoms with Crippen molar-refractivity contribution >= 4 is 15.7 Å². The van der Waals surface area contributed by atoms with E-state index >= 15 is 0 Å².